The number of hydrogen-bond acceptors (Lipinski definition) is 9. The summed E-state index contributed by atoms with van der Waals surface area (Å²) in [6, 6.07) is 14.9. The lowest BCUT2D eigenvalue weighted by Gasteiger charge is -2.64. The first-order valence-electron chi connectivity index (χ1n) is 20.0. The maximum Gasteiger partial charge on any atom is 0.257 e. The van der Waals surface area contributed by atoms with Gasteiger partial charge in [0.15, 0.2) is 5.65 Å². The number of carbonyl (C=O) groups excluding carboxylic acids is 2. The van der Waals surface area contributed by atoms with E-state index >= 15 is 0 Å². The third-order valence-corrected chi connectivity index (χ3v) is 14.6. The largest absolute Gasteiger partial charge is 0.494 e. The summed E-state index contributed by atoms with van der Waals surface area (Å²) in [6.45, 7) is 9.90. The molecule has 55 heavy (non-hydrogen) atoms. The molecule has 1 saturated heterocycles. The van der Waals surface area contributed by atoms with Crippen LogP contribution >= 0.6 is 0 Å². The van der Waals surface area contributed by atoms with Crippen molar-refractivity contribution in [2.75, 3.05) is 48.8 Å². The Hall–Kier alpha value is -4.97. The number of hydrazine groups is 1. The predicted molar refractivity (Wildman–Crippen MR) is 212 cm³/mol. The van der Waals surface area contributed by atoms with E-state index in [1.54, 1.807) is 30.0 Å². The number of rotatable bonds is 9. The molecule has 2 amide bonds. The number of hydrogen-bond donors (Lipinski definition) is 3. The van der Waals surface area contributed by atoms with Crippen LogP contribution in [0.2, 0.25) is 0 Å². The molecule has 3 heterocycles. The number of methoxy groups -OCH3 is 1. The molecule has 6 fully saturated rings. The Bertz CT molecular complexity index is 2330. The smallest absolute Gasteiger partial charge is 0.257 e. The average molecular weight is 743 g/mol. The lowest BCUT2D eigenvalue weighted by atomic mass is 9.40. The molecule has 3 N–H and O–H groups in total. The minimum Gasteiger partial charge on any atom is -0.494 e. The second-order valence-electron chi connectivity index (χ2n) is 18.2. The highest BCUT2D eigenvalue weighted by Gasteiger charge is 2.81. The van der Waals surface area contributed by atoms with Crippen molar-refractivity contribution in [2.24, 2.45) is 33.5 Å². The van der Waals surface area contributed by atoms with Crippen LogP contribution < -0.4 is 31.3 Å². The van der Waals surface area contributed by atoms with Gasteiger partial charge in [0.25, 0.3) is 5.56 Å². The van der Waals surface area contributed by atoms with E-state index in [2.05, 4.69) is 50.9 Å². The molecule has 10 rings (SSSR count). The van der Waals surface area contributed by atoms with Crippen molar-refractivity contribution < 1.29 is 14.3 Å². The fraction of sp³-hybridized carbons (Fsp3) is 0.512. The Kier molecular flexibility index (Phi) is 7.54. The number of benzene rings is 2. The van der Waals surface area contributed by atoms with E-state index in [4.69, 9.17) is 9.72 Å². The molecule has 12 heteroatoms. The number of anilines is 4. The van der Waals surface area contributed by atoms with Crippen LogP contribution in [0.25, 0.3) is 16.7 Å². The first-order valence-corrected chi connectivity index (χ1v) is 20.0. The van der Waals surface area contributed by atoms with Crippen molar-refractivity contribution in [3.63, 3.8) is 0 Å². The summed E-state index contributed by atoms with van der Waals surface area (Å²) in [6.07, 6.45) is 10.7. The summed E-state index contributed by atoms with van der Waals surface area (Å²) < 4.78 is 7.40. The average Bonchev–Trinajstić information content (AvgIpc) is 3.97. The fourth-order valence-electron chi connectivity index (χ4n) is 12.3. The summed E-state index contributed by atoms with van der Waals surface area (Å²) in [7, 11) is 1.64. The molecule has 286 valence electrons. The quantitative estimate of drug-likeness (QED) is 0.180. The number of piperazine rings is 1. The second kappa shape index (κ2) is 12.0. The van der Waals surface area contributed by atoms with E-state index in [0.29, 0.717) is 56.6 Å². The number of amides is 2. The Labute approximate surface area is 321 Å². The van der Waals surface area contributed by atoms with Crippen LogP contribution in [0, 0.1) is 40.4 Å². The molecule has 5 saturated carbocycles. The van der Waals surface area contributed by atoms with E-state index in [-0.39, 0.29) is 28.7 Å². The molecule has 12 nitrogen and oxygen atoms in total. The van der Waals surface area contributed by atoms with Gasteiger partial charge in [-0.25, -0.2) is 9.99 Å². The lowest BCUT2D eigenvalue weighted by Crippen LogP contribution is -2.57. The van der Waals surface area contributed by atoms with E-state index in [9.17, 15) is 14.4 Å². The van der Waals surface area contributed by atoms with Crippen LogP contribution in [0.1, 0.15) is 70.8 Å². The highest BCUT2D eigenvalue weighted by Crippen LogP contribution is 2.88. The Morgan fingerprint density at radius 2 is 1.73 bits per heavy atom. The number of pyridine rings is 1. The molecule has 1 aliphatic heterocycles. The second-order valence-corrected chi connectivity index (χ2v) is 18.2. The van der Waals surface area contributed by atoms with Gasteiger partial charge in [-0.2, -0.15) is 4.98 Å². The van der Waals surface area contributed by atoms with Gasteiger partial charge >= 0.3 is 0 Å². The number of aryl methyl sites for hydroxylation is 1. The van der Waals surface area contributed by atoms with Crippen molar-refractivity contribution in [1.29, 1.82) is 0 Å². The highest BCUT2D eigenvalue weighted by atomic mass is 16.5. The Balaban J connectivity index is 0.832. The van der Waals surface area contributed by atoms with E-state index in [1.165, 1.54) is 19.3 Å². The van der Waals surface area contributed by atoms with Gasteiger partial charge in [0.05, 0.1) is 23.9 Å². The standard InChI is InChI=1S/C43H50N8O4/c1-26-16-35(52)51(31-7-5-6-29(17-31)45-37(53)28-8-9-28)36-32(26)22-44-39(47-36)46-33-11-10-30(18-34(33)55-4)49-12-14-50(15-13-49)48-38(54)42-20-27-19-40(2)23-41(3,24-42)43(40,21-27)25-42/h5-7,10-11,16-18,22,27-28H,8-9,12-15,19-21,23-25H2,1-4H3,(H,45,53)(H,48,54)(H,44,46,47)/t27?,40-,41+,42-,43?/m1/s1. The van der Waals surface area contributed by atoms with Gasteiger partial charge < -0.3 is 20.3 Å². The number of carbonyl (C=O) groups is 2. The molecule has 2 aromatic heterocycles. The SMILES string of the molecule is COc1cc(N2CCN(NC(=O)[C@@]34CC5CC6(C3)[C@](C)(C5)C[C@@]6(C)C4)CC2)ccc1Nc1ncc2c(C)cc(=O)n(-c3cccc(NC(=O)C4CC4)c3)c2n1. The molecule has 3 bridgehead atoms. The molecule has 1 spiro atoms. The number of ether oxygens (including phenoxy) is 1. The lowest BCUT2D eigenvalue weighted by molar-refractivity contribution is -0.157. The highest BCUT2D eigenvalue weighted by molar-refractivity contribution is 5.94. The third kappa shape index (κ3) is 5.30. The summed E-state index contributed by atoms with van der Waals surface area (Å²) in [5.41, 5.74) is 8.31. The van der Waals surface area contributed by atoms with Gasteiger partial charge in [-0.1, -0.05) is 19.9 Å². The summed E-state index contributed by atoms with van der Waals surface area (Å²) >= 11 is 0. The fourth-order valence-corrected chi connectivity index (χ4v) is 12.3. The monoisotopic (exact) mass is 742 g/mol. The van der Waals surface area contributed by atoms with Crippen molar-refractivity contribution in [3.05, 3.63) is 70.6 Å². The minimum atomic E-state index is -0.227. The van der Waals surface area contributed by atoms with Crippen LogP contribution in [0.5, 0.6) is 5.75 Å². The van der Waals surface area contributed by atoms with Gasteiger partial charge in [-0.3, -0.25) is 24.4 Å². The van der Waals surface area contributed by atoms with E-state index in [1.807, 2.05) is 37.3 Å². The molecule has 6 aliphatic rings. The normalized spacial score (nSPS) is 30.5. The molecule has 2 unspecified atom stereocenters. The molecule has 4 aromatic rings. The van der Waals surface area contributed by atoms with Crippen molar-refractivity contribution in [3.8, 4) is 11.4 Å². The number of nitrogens with zero attached hydrogens (tertiary/aromatic N) is 5. The first kappa shape index (κ1) is 34.5. The van der Waals surface area contributed by atoms with Gasteiger partial charge in [-0.15, -0.1) is 0 Å². The van der Waals surface area contributed by atoms with Crippen molar-refractivity contribution in [1.82, 2.24) is 25.0 Å². The van der Waals surface area contributed by atoms with Gasteiger partial charge in [-0.05, 0) is 116 Å². The van der Waals surface area contributed by atoms with Crippen molar-refractivity contribution >= 4 is 45.9 Å². The Morgan fingerprint density at radius 1 is 0.909 bits per heavy atom. The predicted octanol–water partition coefficient (Wildman–Crippen LogP) is 6.34. The first-order chi connectivity index (χ1) is 26.4. The molecule has 0 radical (unpaired) electrons. The van der Waals surface area contributed by atoms with Gasteiger partial charge in [0, 0.05) is 67.2 Å². The third-order valence-electron chi connectivity index (χ3n) is 14.6. The van der Waals surface area contributed by atoms with Crippen LogP contribution in [-0.2, 0) is 9.59 Å². The van der Waals surface area contributed by atoms with Gasteiger partial charge in [0.1, 0.15) is 5.75 Å². The summed E-state index contributed by atoms with van der Waals surface area (Å²) in [5, 5.41) is 9.18. The number of fused-ring (bicyclic) bond motifs is 3. The maximum atomic E-state index is 14.0. The number of aromatic nitrogens is 3. The van der Waals surface area contributed by atoms with Crippen LogP contribution in [0.3, 0.4) is 0 Å². The zero-order valence-corrected chi connectivity index (χ0v) is 32.2. The van der Waals surface area contributed by atoms with Crippen LogP contribution in [0.4, 0.5) is 23.0 Å². The molecular weight excluding hydrogens is 693 g/mol. The molecular formula is C43H50N8O4. The zero-order chi connectivity index (χ0) is 37.9. The molecule has 2 aromatic carbocycles. The summed E-state index contributed by atoms with van der Waals surface area (Å²) in [4.78, 5) is 51.7. The summed E-state index contributed by atoms with van der Waals surface area (Å²) in [5.74, 6) is 1.99. The molecule has 5 atom stereocenters. The zero-order valence-electron chi connectivity index (χ0n) is 32.2. The molecule has 5 aliphatic carbocycles. The van der Waals surface area contributed by atoms with Gasteiger partial charge in [0.2, 0.25) is 17.8 Å². The number of nitrogens with one attached hydrogen (secondary N) is 3. The minimum absolute atomic E-state index is 0.00476. The maximum absolute atomic E-state index is 14.0. The van der Waals surface area contributed by atoms with E-state index in [0.717, 1.165) is 74.9 Å². The van der Waals surface area contributed by atoms with Crippen LogP contribution in [0.15, 0.2) is 59.5 Å². The van der Waals surface area contributed by atoms with Crippen molar-refractivity contribution in [2.45, 2.75) is 72.1 Å². The van der Waals surface area contributed by atoms with E-state index < -0.39 is 0 Å². The van der Waals surface area contributed by atoms with Crippen LogP contribution in [-0.4, -0.2) is 64.6 Å². The topological polar surface area (TPSA) is 134 Å². The Morgan fingerprint density at radius 3 is 2.51 bits per heavy atom.